The zero-order valence-electron chi connectivity index (χ0n) is 19.3. The van der Waals surface area contributed by atoms with Gasteiger partial charge in [0, 0.05) is 6.54 Å². The van der Waals surface area contributed by atoms with Gasteiger partial charge in [0.2, 0.25) is 15.9 Å². The van der Waals surface area contributed by atoms with Crippen molar-refractivity contribution in [2.24, 2.45) is 0 Å². The fraction of sp³-hybridized carbons (Fsp3) is 0.138. The predicted molar refractivity (Wildman–Crippen MR) is 138 cm³/mol. The van der Waals surface area contributed by atoms with E-state index < -0.39 is 10.0 Å². The molecule has 0 radical (unpaired) electrons. The smallest absolute Gasteiger partial charge is 0.243 e. The Morgan fingerprint density at radius 3 is 1.66 bits per heavy atom. The highest BCUT2D eigenvalue weighted by Crippen LogP contribution is 2.22. The molecule has 0 heterocycles. The summed E-state index contributed by atoms with van der Waals surface area (Å²) in [5, 5.41) is 3.06. The van der Waals surface area contributed by atoms with Crippen LogP contribution in [0.3, 0.4) is 0 Å². The summed E-state index contributed by atoms with van der Waals surface area (Å²) >= 11 is 0. The van der Waals surface area contributed by atoms with Crippen LogP contribution in [0, 0.1) is 0 Å². The Morgan fingerprint density at radius 2 is 1.14 bits per heavy atom. The van der Waals surface area contributed by atoms with E-state index in [2.05, 4.69) is 5.32 Å². The van der Waals surface area contributed by atoms with Crippen LogP contribution < -0.4 is 5.32 Å². The summed E-state index contributed by atoms with van der Waals surface area (Å²) in [4.78, 5) is 13.5. The van der Waals surface area contributed by atoms with Crippen LogP contribution in [-0.4, -0.2) is 31.7 Å². The lowest BCUT2D eigenvalue weighted by Crippen LogP contribution is -2.42. The highest BCUT2D eigenvalue weighted by atomic mass is 32.2. The average Bonchev–Trinajstić information content (AvgIpc) is 2.91. The van der Waals surface area contributed by atoms with Gasteiger partial charge in [0.15, 0.2) is 0 Å². The van der Waals surface area contributed by atoms with Gasteiger partial charge in [-0.25, -0.2) is 8.42 Å². The molecular formula is C29H28N2O3S. The van der Waals surface area contributed by atoms with Crippen LogP contribution in [0.5, 0.6) is 0 Å². The molecular weight excluding hydrogens is 456 g/mol. The molecule has 178 valence electrons. The Hall–Kier alpha value is -3.74. The Morgan fingerprint density at radius 1 is 0.686 bits per heavy atom. The van der Waals surface area contributed by atoms with Gasteiger partial charge in [0.25, 0.3) is 0 Å². The standard InChI is InChI=1S/C29H28N2O3S/c32-28(30-29(25-15-7-2-8-16-25)26-17-9-3-10-18-26)23-31(22-21-24-13-5-1-6-14-24)35(33,34)27-19-11-4-12-20-27/h1-20,29H,21-23H2,(H,30,32). The predicted octanol–water partition coefficient (Wildman–Crippen LogP) is 4.83. The minimum atomic E-state index is -3.86. The van der Waals surface area contributed by atoms with Crippen LogP contribution in [0.4, 0.5) is 0 Å². The van der Waals surface area contributed by atoms with Gasteiger partial charge in [-0.1, -0.05) is 109 Å². The molecule has 0 saturated carbocycles. The molecule has 1 N–H and O–H groups in total. The largest absolute Gasteiger partial charge is 0.344 e. The maximum atomic E-state index is 13.5. The molecule has 0 atom stereocenters. The first-order chi connectivity index (χ1) is 17.0. The monoisotopic (exact) mass is 484 g/mol. The van der Waals surface area contributed by atoms with Crippen molar-refractivity contribution in [3.8, 4) is 0 Å². The second-order valence-corrected chi connectivity index (χ2v) is 10.1. The normalized spacial score (nSPS) is 11.5. The zero-order chi connectivity index (χ0) is 24.5. The third kappa shape index (κ3) is 6.44. The molecule has 0 saturated heterocycles. The number of amides is 1. The van der Waals surface area contributed by atoms with Gasteiger partial charge in [-0.15, -0.1) is 0 Å². The van der Waals surface area contributed by atoms with Gasteiger partial charge in [0.05, 0.1) is 17.5 Å². The minimum absolute atomic E-state index is 0.170. The summed E-state index contributed by atoms with van der Waals surface area (Å²) in [6.07, 6.45) is 0.501. The summed E-state index contributed by atoms with van der Waals surface area (Å²) < 4.78 is 28.2. The van der Waals surface area contributed by atoms with E-state index in [1.165, 1.54) is 4.31 Å². The molecule has 0 fully saturated rings. The first kappa shape index (κ1) is 24.4. The number of sulfonamides is 1. The van der Waals surface area contributed by atoms with E-state index in [-0.39, 0.29) is 29.9 Å². The maximum Gasteiger partial charge on any atom is 0.243 e. The van der Waals surface area contributed by atoms with Crippen LogP contribution in [0.2, 0.25) is 0 Å². The Labute approximate surface area is 207 Å². The SMILES string of the molecule is O=C(CN(CCc1ccccc1)S(=O)(=O)c1ccccc1)NC(c1ccccc1)c1ccccc1. The zero-order valence-corrected chi connectivity index (χ0v) is 20.1. The molecule has 0 aliphatic heterocycles. The van der Waals surface area contributed by atoms with Crippen LogP contribution in [0.1, 0.15) is 22.7 Å². The quantitative estimate of drug-likeness (QED) is 0.351. The molecule has 5 nitrogen and oxygen atoms in total. The molecule has 0 bridgehead atoms. The third-order valence-corrected chi connectivity index (χ3v) is 7.62. The molecule has 6 heteroatoms. The lowest BCUT2D eigenvalue weighted by atomic mass is 9.99. The number of hydrogen-bond acceptors (Lipinski definition) is 3. The van der Waals surface area contributed by atoms with Crippen LogP contribution in [-0.2, 0) is 21.2 Å². The second-order valence-electron chi connectivity index (χ2n) is 8.21. The number of carbonyl (C=O) groups excluding carboxylic acids is 1. The molecule has 0 spiro atoms. The first-order valence-electron chi connectivity index (χ1n) is 11.5. The fourth-order valence-electron chi connectivity index (χ4n) is 3.94. The second kappa shape index (κ2) is 11.6. The fourth-order valence-corrected chi connectivity index (χ4v) is 5.36. The minimum Gasteiger partial charge on any atom is -0.344 e. The van der Waals surface area contributed by atoms with Gasteiger partial charge in [-0.3, -0.25) is 4.79 Å². The molecule has 0 aliphatic carbocycles. The van der Waals surface area contributed by atoms with Gasteiger partial charge in [-0.2, -0.15) is 4.31 Å². The molecule has 35 heavy (non-hydrogen) atoms. The number of nitrogens with zero attached hydrogens (tertiary/aromatic N) is 1. The molecule has 1 amide bonds. The Bertz CT molecular complexity index is 1270. The van der Waals surface area contributed by atoms with Gasteiger partial charge < -0.3 is 5.32 Å². The molecule has 4 aromatic carbocycles. The number of rotatable bonds is 10. The summed E-state index contributed by atoms with van der Waals surface area (Å²) in [5.41, 5.74) is 2.86. The highest BCUT2D eigenvalue weighted by Gasteiger charge is 2.27. The van der Waals surface area contributed by atoms with E-state index in [0.29, 0.717) is 6.42 Å². The Kier molecular flexibility index (Phi) is 8.08. The maximum absolute atomic E-state index is 13.5. The lowest BCUT2D eigenvalue weighted by molar-refractivity contribution is -0.121. The van der Waals surface area contributed by atoms with Crippen molar-refractivity contribution >= 4 is 15.9 Å². The summed E-state index contributed by atoms with van der Waals surface area (Å²) in [7, 11) is -3.86. The molecule has 4 rings (SSSR count). The summed E-state index contributed by atoms with van der Waals surface area (Å²) in [6, 6.07) is 36.8. The van der Waals surface area contributed by atoms with E-state index in [4.69, 9.17) is 0 Å². The van der Waals surface area contributed by atoms with Crippen LogP contribution >= 0.6 is 0 Å². The summed E-state index contributed by atoms with van der Waals surface area (Å²) in [5.74, 6) is -0.365. The van der Waals surface area contributed by atoms with E-state index in [1.54, 1.807) is 30.3 Å². The number of nitrogens with one attached hydrogen (secondary N) is 1. The highest BCUT2D eigenvalue weighted by molar-refractivity contribution is 7.89. The Balaban J connectivity index is 1.58. The van der Waals surface area contributed by atoms with Crippen molar-refractivity contribution in [3.05, 3.63) is 138 Å². The van der Waals surface area contributed by atoms with Gasteiger partial charge in [-0.05, 0) is 35.2 Å². The van der Waals surface area contributed by atoms with E-state index in [9.17, 15) is 13.2 Å². The van der Waals surface area contributed by atoms with Crippen molar-refractivity contribution in [2.45, 2.75) is 17.4 Å². The topological polar surface area (TPSA) is 66.5 Å². The number of hydrogen-bond donors (Lipinski definition) is 1. The lowest BCUT2D eigenvalue weighted by Gasteiger charge is -2.25. The molecule has 0 unspecified atom stereocenters. The molecule has 0 aromatic heterocycles. The van der Waals surface area contributed by atoms with Crippen LogP contribution in [0.15, 0.2) is 126 Å². The number of carbonyl (C=O) groups is 1. The number of benzene rings is 4. The summed E-state index contributed by atoms with van der Waals surface area (Å²) in [6.45, 7) is -0.0871. The van der Waals surface area contributed by atoms with Crippen LogP contribution in [0.25, 0.3) is 0 Å². The average molecular weight is 485 g/mol. The van der Waals surface area contributed by atoms with Gasteiger partial charge >= 0.3 is 0 Å². The van der Waals surface area contributed by atoms with Crippen molar-refractivity contribution in [1.29, 1.82) is 0 Å². The van der Waals surface area contributed by atoms with E-state index in [1.807, 2.05) is 91.0 Å². The van der Waals surface area contributed by atoms with Crippen molar-refractivity contribution in [3.63, 3.8) is 0 Å². The molecule has 4 aromatic rings. The van der Waals surface area contributed by atoms with E-state index >= 15 is 0 Å². The molecule has 0 aliphatic rings. The van der Waals surface area contributed by atoms with Crippen molar-refractivity contribution in [2.75, 3.05) is 13.1 Å². The van der Waals surface area contributed by atoms with Crippen molar-refractivity contribution < 1.29 is 13.2 Å². The van der Waals surface area contributed by atoms with Crippen molar-refractivity contribution in [1.82, 2.24) is 9.62 Å². The van der Waals surface area contributed by atoms with Gasteiger partial charge in [0.1, 0.15) is 0 Å². The first-order valence-corrected chi connectivity index (χ1v) is 13.0. The van der Waals surface area contributed by atoms with E-state index in [0.717, 1.165) is 16.7 Å². The third-order valence-electron chi connectivity index (χ3n) is 5.76.